The molecule has 19 heavy (non-hydrogen) atoms. The summed E-state index contributed by atoms with van der Waals surface area (Å²) in [5.74, 6) is -0.145. The molecule has 2 rings (SSSR count). The summed E-state index contributed by atoms with van der Waals surface area (Å²) in [5, 5.41) is 0.720. The number of rotatable bonds is 2. The number of hydrogen-bond donors (Lipinski definition) is 0. The topological polar surface area (TPSA) is 54.5 Å². The third kappa shape index (κ3) is 3.22. The van der Waals surface area contributed by atoms with E-state index in [0.717, 1.165) is 0 Å². The summed E-state index contributed by atoms with van der Waals surface area (Å²) in [6.45, 7) is 0. The molecule has 1 aromatic carbocycles. The van der Waals surface area contributed by atoms with Gasteiger partial charge in [-0.2, -0.15) is 0 Å². The Labute approximate surface area is 122 Å². The van der Waals surface area contributed by atoms with Gasteiger partial charge in [0, 0.05) is 18.1 Å². The average Bonchev–Trinajstić information content (AvgIpc) is 2.68. The van der Waals surface area contributed by atoms with Gasteiger partial charge in [-0.25, -0.2) is 8.42 Å². The number of hydrogen-bond acceptors (Lipinski definition) is 3. The minimum Gasteiger partial charge on any atom is -0.338 e. The maximum absolute atomic E-state index is 12.3. The minimum atomic E-state index is -3.02. The van der Waals surface area contributed by atoms with Gasteiger partial charge in [0.25, 0.3) is 5.91 Å². The molecule has 1 aromatic rings. The maximum atomic E-state index is 12.3. The molecular weight excluding hydrogens is 309 g/mol. The Morgan fingerprint density at radius 1 is 1.37 bits per heavy atom. The quantitative estimate of drug-likeness (QED) is 0.839. The lowest BCUT2D eigenvalue weighted by molar-refractivity contribution is 0.0748. The predicted octanol–water partition coefficient (Wildman–Crippen LogP) is 2.25. The Morgan fingerprint density at radius 3 is 2.58 bits per heavy atom. The highest BCUT2D eigenvalue weighted by molar-refractivity contribution is 7.91. The van der Waals surface area contributed by atoms with E-state index >= 15 is 0 Å². The first-order valence-corrected chi connectivity index (χ1v) is 8.30. The van der Waals surface area contributed by atoms with Gasteiger partial charge >= 0.3 is 0 Å². The van der Waals surface area contributed by atoms with Gasteiger partial charge in [-0.1, -0.05) is 23.2 Å². The highest BCUT2D eigenvalue weighted by Gasteiger charge is 2.33. The fourth-order valence-corrected chi connectivity index (χ4v) is 4.36. The molecule has 1 aliphatic heterocycles. The highest BCUT2D eigenvalue weighted by atomic mass is 35.5. The van der Waals surface area contributed by atoms with Crippen LogP contribution in [0, 0.1) is 0 Å². The zero-order valence-corrected chi connectivity index (χ0v) is 12.6. The zero-order valence-electron chi connectivity index (χ0n) is 10.3. The van der Waals surface area contributed by atoms with Crippen LogP contribution in [0.1, 0.15) is 16.8 Å². The van der Waals surface area contributed by atoms with Gasteiger partial charge in [-0.3, -0.25) is 4.79 Å². The van der Waals surface area contributed by atoms with Crippen LogP contribution in [0.4, 0.5) is 0 Å². The smallest absolute Gasteiger partial charge is 0.255 e. The van der Waals surface area contributed by atoms with Crippen LogP contribution in [-0.2, 0) is 9.84 Å². The molecule has 104 valence electrons. The lowest BCUT2D eigenvalue weighted by Crippen LogP contribution is -2.37. The Hall–Kier alpha value is -0.780. The van der Waals surface area contributed by atoms with E-state index in [9.17, 15) is 13.2 Å². The van der Waals surface area contributed by atoms with Crippen LogP contribution >= 0.6 is 23.2 Å². The summed E-state index contributed by atoms with van der Waals surface area (Å²) >= 11 is 11.8. The molecule has 1 aliphatic rings. The Kier molecular flexibility index (Phi) is 4.08. The first kappa shape index (κ1) is 14.6. The number of amides is 1. The van der Waals surface area contributed by atoms with E-state index in [-0.39, 0.29) is 28.5 Å². The van der Waals surface area contributed by atoms with Crippen molar-refractivity contribution in [3.63, 3.8) is 0 Å². The van der Waals surface area contributed by atoms with Gasteiger partial charge < -0.3 is 4.90 Å². The molecule has 0 aromatic heterocycles. The van der Waals surface area contributed by atoms with Crippen LogP contribution in [0.25, 0.3) is 0 Å². The SMILES string of the molecule is CN(C(=O)c1ccc(Cl)cc1Cl)C1CCS(=O)(=O)C1. The molecule has 0 aliphatic carbocycles. The first-order chi connectivity index (χ1) is 8.80. The lowest BCUT2D eigenvalue weighted by Gasteiger charge is -2.23. The van der Waals surface area contributed by atoms with Gasteiger partial charge in [0.05, 0.1) is 22.1 Å². The van der Waals surface area contributed by atoms with Crippen molar-refractivity contribution in [2.75, 3.05) is 18.6 Å². The van der Waals surface area contributed by atoms with Crippen molar-refractivity contribution < 1.29 is 13.2 Å². The van der Waals surface area contributed by atoms with Gasteiger partial charge in [-0.05, 0) is 24.6 Å². The van der Waals surface area contributed by atoms with E-state index in [1.54, 1.807) is 19.2 Å². The van der Waals surface area contributed by atoms with Gasteiger partial charge in [0.15, 0.2) is 9.84 Å². The van der Waals surface area contributed by atoms with Crippen molar-refractivity contribution in [1.29, 1.82) is 0 Å². The van der Waals surface area contributed by atoms with Gasteiger partial charge in [0.1, 0.15) is 0 Å². The van der Waals surface area contributed by atoms with Crippen LogP contribution in [-0.4, -0.2) is 43.8 Å². The summed E-state index contributed by atoms with van der Waals surface area (Å²) in [4.78, 5) is 13.7. The fraction of sp³-hybridized carbons (Fsp3) is 0.417. The molecule has 0 bridgehead atoms. The molecule has 1 saturated heterocycles. The Bertz CT molecular complexity index is 615. The molecule has 4 nitrogen and oxygen atoms in total. The van der Waals surface area contributed by atoms with E-state index in [1.807, 2.05) is 0 Å². The molecule has 0 radical (unpaired) electrons. The lowest BCUT2D eigenvalue weighted by atomic mass is 10.1. The second-order valence-corrected chi connectivity index (χ2v) is 7.67. The van der Waals surface area contributed by atoms with Crippen LogP contribution in [0.2, 0.25) is 10.0 Å². The number of benzene rings is 1. The Morgan fingerprint density at radius 2 is 2.05 bits per heavy atom. The molecular formula is C12H13Cl2NO3S. The summed E-state index contributed by atoms with van der Waals surface area (Å²) in [7, 11) is -1.43. The molecule has 0 spiro atoms. The van der Waals surface area contributed by atoms with Crippen molar-refractivity contribution in [2.45, 2.75) is 12.5 Å². The molecule has 1 fully saturated rings. The summed E-state index contributed by atoms with van der Waals surface area (Å²) in [6.07, 6.45) is 0.468. The highest BCUT2D eigenvalue weighted by Crippen LogP contribution is 2.24. The molecule has 0 saturated carbocycles. The number of carbonyl (C=O) groups is 1. The molecule has 1 unspecified atom stereocenters. The standard InChI is InChI=1S/C12H13Cl2NO3S/c1-15(9-4-5-19(17,18)7-9)12(16)10-3-2-8(13)6-11(10)14/h2-3,6,9H,4-5,7H2,1H3. The molecule has 0 N–H and O–H groups in total. The first-order valence-electron chi connectivity index (χ1n) is 5.73. The minimum absolute atomic E-state index is 0.0143. The Balaban J connectivity index is 2.20. The third-order valence-corrected chi connectivity index (χ3v) is 5.54. The van der Waals surface area contributed by atoms with E-state index < -0.39 is 9.84 Å². The van der Waals surface area contributed by atoms with Crippen molar-refractivity contribution in [3.05, 3.63) is 33.8 Å². The van der Waals surface area contributed by atoms with Crippen molar-refractivity contribution in [1.82, 2.24) is 4.90 Å². The van der Waals surface area contributed by atoms with E-state index in [1.165, 1.54) is 11.0 Å². The predicted molar refractivity (Wildman–Crippen MR) is 75.6 cm³/mol. The second kappa shape index (κ2) is 5.31. The molecule has 7 heteroatoms. The molecule has 1 heterocycles. The number of nitrogens with zero attached hydrogens (tertiary/aromatic N) is 1. The largest absolute Gasteiger partial charge is 0.338 e. The van der Waals surface area contributed by atoms with E-state index in [2.05, 4.69) is 0 Å². The van der Waals surface area contributed by atoms with Gasteiger partial charge in [-0.15, -0.1) is 0 Å². The summed E-state index contributed by atoms with van der Waals surface area (Å²) in [5.41, 5.74) is 0.331. The second-order valence-electron chi connectivity index (χ2n) is 4.60. The van der Waals surface area contributed by atoms with E-state index in [0.29, 0.717) is 17.0 Å². The number of sulfone groups is 1. The van der Waals surface area contributed by atoms with Crippen molar-refractivity contribution in [2.24, 2.45) is 0 Å². The number of carbonyl (C=O) groups excluding carboxylic acids is 1. The summed E-state index contributed by atoms with van der Waals surface area (Å²) < 4.78 is 22.9. The van der Waals surface area contributed by atoms with Crippen LogP contribution in [0.3, 0.4) is 0 Å². The summed E-state index contributed by atoms with van der Waals surface area (Å²) in [6, 6.07) is 4.34. The van der Waals surface area contributed by atoms with E-state index in [4.69, 9.17) is 23.2 Å². The number of halogens is 2. The molecule has 1 amide bonds. The fourth-order valence-electron chi connectivity index (χ4n) is 2.10. The van der Waals surface area contributed by atoms with Crippen molar-refractivity contribution in [3.8, 4) is 0 Å². The maximum Gasteiger partial charge on any atom is 0.255 e. The van der Waals surface area contributed by atoms with Crippen molar-refractivity contribution >= 4 is 38.9 Å². The zero-order chi connectivity index (χ0) is 14.2. The van der Waals surface area contributed by atoms with Crippen LogP contribution in [0.5, 0.6) is 0 Å². The third-order valence-electron chi connectivity index (χ3n) is 3.24. The normalized spacial score (nSPS) is 21.3. The van der Waals surface area contributed by atoms with Crippen LogP contribution in [0.15, 0.2) is 18.2 Å². The molecule has 1 atom stereocenters. The average molecular weight is 322 g/mol. The monoisotopic (exact) mass is 321 g/mol. The van der Waals surface area contributed by atoms with Gasteiger partial charge in [0.2, 0.25) is 0 Å². The van der Waals surface area contributed by atoms with Crippen LogP contribution < -0.4 is 0 Å².